The first-order valence-electron chi connectivity index (χ1n) is 7.42. The van der Waals surface area contributed by atoms with Gasteiger partial charge in [-0.1, -0.05) is 25.5 Å². The lowest BCUT2D eigenvalue weighted by Gasteiger charge is -2.23. The van der Waals surface area contributed by atoms with Crippen LogP contribution in [0.3, 0.4) is 0 Å². The molecule has 0 fully saturated rings. The summed E-state index contributed by atoms with van der Waals surface area (Å²) in [5, 5.41) is 3.14. The van der Waals surface area contributed by atoms with Crippen LogP contribution in [0, 0.1) is 0 Å². The Morgan fingerprint density at radius 2 is 2.00 bits per heavy atom. The Balaban J connectivity index is 2.66. The van der Waals surface area contributed by atoms with Crippen molar-refractivity contribution in [2.75, 3.05) is 34.3 Å². The van der Waals surface area contributed by atoms with Crippen LogP contribution in [0.5, 0.6) is 5.75 Å². The summed E-state index contributed by atoms with van der Waals surface area (Å²) < 4.78 is 5.19. The topological polar surface area (TPSA) is 62.9 Å². The molecule has 5 heteroatoms. The van der Waals surface area contributed by atoms with Crippen LogP contribution in [-0.4, -0.2) is 45.2 Å². The molecule has 0 aromatic heterocycles. The number of ether oxygens (including phenoxy) is 1. The molecule has 1 aromatic carbocycles. The average molecular weight is 292 g/mol. The summed E-state index contributed by atoms with van der Waals surface area (Å²) in [6, 6.07) is 8.28. The molecule has 0 saturated heterocycles. The van der Waals surface area contributed by atoms with Crippen molar-refractivity contribution < 1.29 is 4.74 Å². The summed E-state index contributed by atoms with van der Waals surface area (Å²) in [5.74, 6) is 1.38. The Morgan fingerprint density at radius 3 is 2.52 bits per heavy atom. The van der Waals surface area contributed by atoms with Gasteiger partial charge in [0.15, 0.2) is 5.96 Å². The van der Waals surface area contributed by atoms with Gasteiger partial charge in [0.05, 0.1) is 19.7 Å². The number of unbranched alkanes of at least 4 members (excludes halogenated alkanes) is 1. The van der Waals surface area contributed by atoms with Crippen molar-refractivity contribution in [2.45, 2.75) is 25.8 Å². The maximum Gasteiger partial charge on any atom is 0.188 e. The third kappa shape index (κ3) is 6.04. The summed E-state index contributed by atoms with van der Waals surface area (Å²) in [4.78, 5) is 6.59. The molecule has 0 heterocycles. The molecule has 5 nitrogen and oxygen atoms in total. The minimum Gasteiger partial charge on any atom is -0.497 e. The molecule has 0 radical (unpaired) electrons. The zero-order valence-electron chi connectivity index (χ0n) is 13.6. The number of guanidine groups is 1. The molecule has 0 aliphatic heterocycles. The van der Waals surface area contributed by atoms with E-state index in [1.165, 1.54) is 5.56 Å². The fourth-order valence-corrected chi connectivity index (χ4v) is 2.03. The minimum atomic E-state index is 0.197. The van der Waals surface area contributed by atoms with Crippen LogP contribution < -0.4 is 15.8 Å². The van der Waals surface area contributed by atoms with Gasteiger partial charge in [-0.05, 0) is 38.2 Å². The van der Waals surface area contributed by atoms with E-state index in [0.29, 0.717) is 12.5 Å². The van der Waals surface area contributed by atoms with Gasteiger partial charge >= 0.3 is 0 Å². The second-order valence-electron chi connectivity index (χ2n) is 5.26. The third-order valence-corrected chi connectivity index (χ3v) is 3.39. The number of nitrogens with two attached hydrogens (primary N) is 1. The number of hydrogen-bond donors (Lipinski definition) is 2. The van der Waals surface area contributed by atoms with Gasteiger partial charge in [-0.25, -0.2) is 0 Å². The highest BCUT2D eigenvalue weighted by Gasteiger charge is 2.13. The van der Waals surface area contributed by atoms with Gasteiger partial charge in [-0.3, -0.25) is 4.99 Å². The Labute approximate surface area is 128 Å². The number of hydrogen-bond acceptors (Lipinski definition) is 3. The summed E-state index contributed by atoms with van der Waals surface area (Å²) in [6.45, 7) is 3.66. The van der Waals surface area contributed by atoms with Gasteiger partial charge in [0.1, 0.15) is 5.75 Å². The minimum absolute atomic E-state index is 0.197. The molecule has 0 bridgehead atoms. The van der Waals surface area contributed by atoms with E-state index in [-0.39, 0.29) is 6.04 Å². The molecular formula is C16H28N4O. The van der Waals surface area contributed by atoms with Crippen molar-refractivity contribution in [3.63, 3.8) is 0 Å². The number of nitrogens with zero attached hydrogens (tertiary/aromatic N) is 2. The van der Waals surface area contributed by atoms with Crippen LogP contribution in [0.2, 0.25) is 0 Å². The Hall–Kier alpha value is -1.75. The first-order chi connectivity index (χ1) is 10.1. The molecule has 0 aliphatic rings. The van der Waals surface area contributed by atoms with E-state index >= 15 is 0 Å². The summed E-state index contributed by atoms with van der Waals surface area (Å²) >= 11 is 0. The SMILES string of the molecule is CCCCNC(N)=NCC(c1ccc(OC)cc1)N(C)C. The predicted octanol–water partition coefficient (Wildman–Crippen LogP) is 2.00. The second-order valence-corrected chi connectivity index (χ2v) is 5.26. The smallest absolute Gasteiger partial charge is 0.188 e. The molecule has 0 amide bonds. The van der Waals surface area contributed by atoms with Gasteiger partial charge < -0.3 is 20.7 Å². The molecule has 1 unspecified atom stereocenters. The normalized spacial score (nSPS) is 13.3. The first kappa shape index (κ1) is 17.3. The lowest BCUT2D eigenvalue weighted by molar-refractivity contribution is 0.306. The zero-order chi connectivity index (χ0) is 15.7. The molecule has 0 aliphatic carbocycles. The number of aliphatic imine (C=N–C) groups is 1. The fourth-order valence-electron chi connectivity index (χ4n) is 2.03. The molecule has 1 atom stereocenters. The highest BCUT2D eigenvalue weighted by atomic mass is 16.5. The van der Waals surface area contributed by atoms with E-state index in [0.717, 1.165) is 25.1 Å². The van der Waals surface area contributed by atoms with Crippen molar-refractivity contribution in [3.8, 4) is 5.75 Å². The van der Waals surface area contributed by atoms with E-state index < -0.39 is 0 Å². The van der Waals surface area contributed by atoms with E-state index in [2.05, 4.69) is 34.3 Å². The van der Waals surface area contributed by atoms with Crippen LogP contribution in [0.15, 0.2) is 29.3 Å². The van der Waals surface area contributed by atoms with Gasteiger partial charge in [0.25, 0.3) is 0 Å². The van der Waals surface area contributed by atoms with Gasteiger partial charge in [0.2, 0.25) is 0 Å². The van der Waals surface area contributed by atoms with E-state index in [9.17, 15) is 0 Å². The van der Waals surface area contributed by atoms with Crippen LogP contribution in [-0.2, 0) is 0 Å². The van der Waals surface area contributed by atoms with Crippen molar-refractivity contribution >= 4 is 5.96 Å². The highest BCUT2D eigenvalue weighted by Crippen LogP contribution is 2.21. The van der Waals surface area contributed by atoms with E-state index in [1.807, 2.05) is 26.2 Å². The van der Waals surface area contributed by atoms with Crippen molar-refractivity contribution in [2.24, 2.45) is 10.7 Å². The lowest BCUT2D eigenvalue weighted by Crippen LogP contribution is -2.33. The fraction of sp³-hybridized carbons (Fsp3) is 0.562. The van der Waals surface area contributed by atoms with E-state index in [1.54, 1.807) is 7.11 Å². The second kappa shape index (κ2) is 9.23. The standard InChI is InChI=1S/C16H28N4O/c1-5-6-11-18-16(17)19-12-15(20(2)3)13-7-9-14(21-4)10-8-13/h7-10,15H,5-6,11-12H2,1-4H3,(H3,17,18,19). The van der Waals surface area contributed by atoms with Gasteiger partial charge in [-0.2, -0.15) is 0 Å². The molecule has 0 spiro atoms. The Bertz CT molecular complexity index is 428. The predicted molar refractivity (Wildman–Crippen MR) is 88.8 cm³/mol. The lowest BCUT2D eigenvalue weighted by atomic mass is 10.1. The molecule has 3 N–H and O–H groups in total. The Kier molecular flexibility index (Phi) is 7.61. The van der Waals surface area contributed by atoms with Gasteiger partial charge in [0, 0.05) is 6.54 Å². The molecule has 0 saturated carbocycles. The highest BCUT2D eigenvalue weighted by molar-refractivity contribution is 5.77. The summed E-state index contributed by atoms with van der Waals surface area (Å²) in [7, 11) is 5.77. The van der Waals surface area contributed by atoms with Crippen LogP contribution in [0.1, 0.15) is 31.4 Å². The van der Waals surface area contributed by atoms with Crippen LogP contribution >= 0.6 is 0 Å². The first-order valence-corrected chi connectivity index (χ1v) is 7.42. The zero-order valence-corrected chi connectivity index (χ0v) is 13.6. The van der Waals surface area contributed by atoms with Gasteiger partial charge in [-0.15, -0.1) is 0 Å². The molecule has 1 rings (SSSR count). The number of rotatable bonds is 8. The third-order valence-electron chi connectivity index (χ3n) is 3.39. The van der Waals surface area contributed by atoms with Crippen LogP contribution in [0.4, 0.5) is 0 Å². The number of nitrogens with one attached hydrogen (secondary N) is 1. The largest absolute Gasteiger partial charge is 0.497 e. The molecule has 1 aromatic rings. The number of methoxy groups -OCH3 is 1. The molecular weight excluding hydrogens is 264 g/mol. The Morgan fingerprint density at radius 1 is 1.33 bits per heavy atom. The van der Waals surface area contributed by atoms with Crippen molar-refractivity contribution in [1.29, 1.82) is 0 Å². The summed E-state index contributed by atoms with van der Waals surface area (Å²) in [5.41, 5.74) is 7.09. The van der Waals surface area contributed by atoms with Crippen molar-refractivity contribution in [3.05, 3.63) is 29.8 Å². The molecule has 21 heavy (non-hydrogen) atoms. The maximum atomic E-state index is 5.89. The number of benzene rings is 1. The molecule has 118 valence electrons. The van der Waals surface area contributed by atoms with Crippen molar-refractivity contribution in [1.82, 2.24) is 10.2 Å². The van der Waals surface area contributed by atoms with Crippen LogP contribution in [0.25, 0.3) is 0 Å². The quantitative estimate of drug-likeness (QED) is 0.437. The average Bonchev–Trinajstić information content (AvgIpc) is 2.48. The number of likely N-dealkylation sites (N-methyl/N-ethyl adjacent to an activating group) is 1. The maximum absolute atomic E-state index is 5.89. The monoisotopic (exact) mass is 292 g/mol. The van der Waals surface area contributed by atoms with E-state index in [4.69, 9.17) is 10.5 Å². The summed E-state index contributed by atoms with van der Waals surface area (Å²) in [6.07, 6.45) is 2.25.